The van der Waals surface area contributed by atoms with Crippen molar-refractivity contribution in [1.82, 2.24) is 14.7 Å². The molecule has 6 heteroatoms. The molecule has 174 valence electrons. The fourth-order valence-electron chi connectivity index (χ4n) is 4.29. The van der Waals surface area contributed by atoms with E-state index in [1.54, 1.807) is 18.0 Å². The Kier molecular flexibility index (Phi) is 7.80. The molecule has 1 aliphatic heterocycles. The molecule has 0 aromatic heterocycles. The Morgan fingerprint density at radius 3 is 2.34 bits per heavy atom. The van der Waals surface area contributed by atoms with Crippen molar-refractivity contribution >= 4 is 5.91 Å². The first-order valence-corrected chi connectivity index (χ1v) is 11.5. The first-order valence-electron chi connectivity index (χ1n) is 11.5. The number of carbonyl (C=O) groups excluding carboxylic acids is 1. The van der Waals surface area contributed by atoms with E-state index in [1.165, 1.54) is 17.2 Å². The fraction of sp³-hybridized carbons (Fsp3) is 0.500. The molecule has 1 heterocycles. The predicted octanol–water partition coefficient (Wildman–Crippen LogP) is 3.80. The Balaban J connectivity index is 1.78. The highest BCUT2D eigenvalue weighted by Crippen LogP contribution is 2.33. The van der Waals surface area contributed by atoms with Crippen LogP contribution in [0.25, 0.3) is 0 Å². The van der Waals surface area contributed by atoms with Crippen molar-refractivity contribution in [2.75, 3.05) is 40.3 Å². The third-order valence-electron chi connectivity index (χ3n) is 6.41. The highest BCUT2D eigenvalue weighted by molar-refractivity contribution is 5.97. The first-order chi connectivity index (χ1) is 15.2. The Morgan fingerprint density at radius 2 is 1.72 bits per heavy atom. The summed E-state index contributed by atoms with van der Waals surface area (Å²) in [6.07, 6.45) is 0.897. The number of rotatable bonds is 7. The Labute approximate surface area is 192 Å². The molecule has 0 bridgehead atoms. The van der Waals surface area contributed by atoms with Gasteiger partial charge in [0.15, 0.2) is 0 Å². The lowest BCUT2D eigenvalue weighted by Gasteiger charge is -2.32. The molecule has 2 aromatic rings. The van der Waals surface area contributed by atoms with E-state index in [1.807, 2.05) is 13.8 Å². The zero-order chi connectivity index (χ0) is 23.4. The van der Waals surface area contributed by atoms with Crippen molar-refractivity contribution in [2.45, 2.75) is 46.2 Å². The van der Waals surface area contributed by atoms with Gasteiger partial charge in [0, 0.05) is 52.4 Å². The van der Waals surface area contributed by atoms with Crippen molar-refractivity contribution in [3.63, 3.8) is 0 Å². The van der Waals surface area contributed by atoms with E-state index in [0.717, 1.165) is 44.7 Å². The van der Waals surface area contributed by atoms with Gasteiger partial charge in [-0.1, -0.05) is 39.0 Å². The van der Waals surface area contributed by atoms with Crippen LogP contribution in [0.2, 0.25) is 0 Å². The van der Waals surface area contributed by atoms with Crippen LogP contribution in [0.3, 0.4) is 0 Å². The number of nitrogens with zero attached hydrogens (tertiary/aromatic N) is 3. The van der Waals surface area contributed by atoms with Crippen molar-refractivity contribution in [2.24, 2.45) is 0 Å². The molecular formula is C26H37N3O3. The van der Waals surface area contributed by atoms with Crippen LogP contribution in [0.4, 0.5) is 0 Å². The molecule has 32 heavy (non-hydrogen) atoms. The second kappa shape index (κ2) is 10.4. The number of likely N-dealkylation sites (N-methyl/N-ethyl adjacent to an activating group) is 1. The molecular weight excluding hydrogens is 402 g/mol. The van der Waals surface area contributed by atoms with Crippen LogP contribution in [0.1, 0.15) is 59.3 Å². The van der Waals surface area contributed by atoms with Gasteiger partial charge in [0.2, 0.25) is 0 Å². The quantitative estimate of drug-likeness (QED) is 0.687. The molecule has 1 saturated heterocycles. The van der Waals surface area contributed by atoms with E-state index >= 15 is 0 Å². The number of aromatic hydroxyl groups is 2. The van der Waals surface area contributed by atoms with Crippen LogP contribution >= 0.6 is 0 Å². The molecule has 6 nitrogen and oxygen atoms in total. The molecule has 3 rings (SSSR count). The van der Waals surface area contributed by atoms with E-state index in [2.05, 4.69) is 42.0 Å². The van der Waals surface area contributed by atoms with Crippen LogP contribution in [-0.2, 0) is 19.5 Å². The summed E-state index contributed by atoms with van der Waals surface area (Å²) >= 11 is 0. The van der Waals surface area contributed by atoms with Crippen LogP contribution in [-0.4, -0.2) is 71.1 Å². The summed E-state index contributed by atoms with van der Waals surface area (Å²) in [4.78, 5) is 19.6. The average Bonchev–Trinajstić information content (AvgIpc) is 2.75. The van der Waals surface area contributed by atoms with Crippen molar-refractivity contribution in [3.05, 3.63) is 58.1 Å². The number of amides is 1. The lowest BCUT2D eigenvalue weighted by atomic mass is 9.98. The number of phenols is 2. The molecule has 2 N–H and O–H groups in total. The molecule has 0 spiro atoms. The van der Waals surface area contributed by atoms with Gasteiger partial charge >= 0.3 is 0 Å². The van der Waals surface area contributed by atoms with Gasteiger partial charge < -0.3 is 20.0 Å². The lowest BCUT2D eigenvalue weighted by molar-refractivity contribution is 0.0781. The monoisotopic (exact) mass is 439 g/mol. The number of piperazine rings is 1. The van der Waals surface area contributed by atoms with Gasteiger partial charge in [-0.2, -0.15) is 0 Å². The highest BCUT2D eigenvalue weighted by atomic mass is 16.3. The molecule has 1 aliphatic rings. The second-order valence-corrected chi connectivity index (χ2v) is 9.28. The molecule has 2 aromatic carbocycles. The highest BCUT2D eigenvalue weighted by Gasteiger charge is 2.21. The summed E-state index contributed by atoms with van der Waals surface area (Å²) in [5.41, 5.74) is 4.50. The van der Waals surface area contributed by atoms with Gasteiger partial charge in [0.1, 0.15) is 11.5 Å². The molecule has 0 aliphatic carbocycles. The van der Waals surface area contributed by atoms with Gasteiger partial charge in [0.05, 0.1) is 5.56 Å². The summed E-state index contributed by atoms with van der Waals surface area (Å²) in [5, 5.41) is 20.4. The maximum absolute atomic E-state index is 13.2. The van der Waals surface area contributed by atoms with Crippen molar-refractivity contribution in [3.8, 4) is 11.5 Å². The van der Waals surface area contributed by atoms with Gasteiger partial charge in [-0.25, -0.2) is 0 Å². The minimum Gasteiger partial charge on any atom is -0.508 e. The predicted molar refractivity (Wildman–Crippen MR) is 128 cm³/mol. The van der Waals surface area contributed by atoms with E-state index < -0.39 is 0 Å². The normalized spacial score (nSPS) is 15.3. The van der Waals surface area contributed by atoms with Gasteiger partial charge in [-0.3, -0.25) is 9.69 Å². The molecule has 0 unspecified atom stereocenters. The summed E-state index contributed by atoms with van der Waals surface area (Å²) in [6, 6.07) is 9.47. The Hall–Kier alpha value is -2.57. The lowest BCUT2D eigenvalue weighted by Crippen LogP contribution is -2.43. The van der Waals surface area contributed by atoms with E-state index in [9.17, 15) is 15.0 Å². The van der Waals surface area contributed by atoms with Crippen LogP contribution in [0.5, 0.6) is 11.5 Å². The molecule has 0 saturated carbocycles. The van der Waals surface area contributed by atoms with Crippen molar-refractivity contribution in [1.29, 1.82) is 0 Å². The summed E-state index contributed by atoms with van der Waals surface area (Å²) < 4.78 is 0. The summed E-state index contributed by atoms with van der Waals surface area (Å²) in [6.45, 7) is 11.7. The topological polar surface area (TPSA) is 67.2 Å². The zero-order valence-corrected chi connectivity index (χ0v) is 20.1. The number of benzene rings is 2. The van der Waals surface area contributed by atoms with Crippen LogP contribution < -0.4 is 0 Å². The largest absolute Gasteiger partial charge is 0.508 e. The first kappa shape index (κ1) is 24.1. The van der Waals surface area contributed by atoms with Crippen molar-refractivity contribution < 1.29 is 15.0 Å². The third-order valence-corrected chi connectivity index (χ3v) is 6.41. The maximum Gasteiger partial charge on any atom is 0.257 e. The minimum atomic E-state index is -0.254. The minimum absolute atomic E-state index is 0.0154. The fourth-order valence-corrected chi connectivity index (χ4v) is 4.29. The molecule has 0 radical (unpaired) electrons. The zero-order valence-electron chi connectivity index (χ0n) is 20.1. The molecule has 1 fully saturated rings. The van der Waals surface area contributed by atoms with Crippen LogP contribution in [0.15, 0.2) is 30.3 Å². The Bertz CT molecular complexity index is 950. The average molecular weight is 440 g/mol. The maximum atomic E-state index is 13.2. The third kappa shape index (κ3) is 5.61. The second-order valence-electron chi connectivity index (χ2n) is 9.28. The van der Waals surface area contributed by atoms with E-state index in [0.29, 0.717) is 12.1 Å². The summed E-state index contributed by atoms with van der Waals surface area (Å²) in [7, 11) is 3.92. The number of aryl methyl sites for hydroxylation is 1. The van der Waals surface area contributed by atoms with E-state index in [-0.39, 0.29) is 28.9 Å². The smallest absolute Gasteiger partial charge is 0.257 e. The van der Waals surface area contributed by atoms with Gasteiger partial charge in [0.25, 0.3) is 5.91 Å². The SMILES string of the molecule is CCc1ccc(CN2CCN(C)CC2)cc1CN(C)C(=O)c1cc(C(C)C)c(O)cc1O. The Morgan fingerprint density at radius 1 is 1.03 bits per heavy atom. The van der Waals surface area contributed by atoms with Crippen LogP contribution in [0, 0.1) is 0 Å². The van der Waals surface area contributed by atoms with Gasteiger partial charge in [-0.15, -0.1) is 0 Å². The number of phenolic OH excluding ortho intramolecular Hbond substituents is 2. The van der Waals surface area contributed by atoms with E-state index in [4.69, 9.17) is 0 Å². The molecule has 1 amide bonds. The number of hydrogen-bond acceptors (Lipinski definition) is 5. The standard InChI is InChI=1S/C26H37N3O3/c1-6-20-8-7-19(16-29-11-9-27(4)10-12-29)13-21(20)17-28(5)26(32)23-14-22(18(2)3)24(30)15-25(23)31/h7-8,13-15,18,30-31H,6,9-12,16-17H2,1-5H3. The number of hydrogen-bond donors (Lipinski definition) is 2. The number of carbonyl (C=O) groups is 1. The molecule has 0 atom stereocenters. The van der Waals surface area contributed by atoms with Gasteiger partial charge in [-0.05, 0) is 47.7 Å². The summed E-state index contributed by atoms with van der Waals surface area (Å²) in [5.74, 6) is -0.383.